The van der Waals surface area contributed by atoms with Gasteiger partial charge in [0.05, 0.1) is 12.0 Å². The van der Waals surface area contributed by atoms with Crippen LogP contribution in [0.2, 0.25) is 0 Å². The molecule has 1 aromatic carbocycles. The van der Waals surface area contributed by atoms with E-state index >= 15 is 0 Å². The third kappa shape index (κ3) is 7.50. The molecule has 0 atom stereocenters. The lowest BCUT2D eigenvalue weighted by Crippen LogP contribution is -2.47. The van der Waals surface area contributed by atoms with E-state index in [4.69, 9.17) is 4.42 Å². The first-order chi connectivity index (χ1) is 13.8. The zero-order valence-electron chi connectivity index (χ0n) is 16.9. The largest absolute Gasteiger partial charge is 0.469 e. The van der Waals surface area contributed by atoms with E-state index in [1.165, 1.54) is 6.07 Å². The highest BCUT2D eigenvalue weighted by Gasteiger charge is 2.18. The second-order valence-corrected chi connectivity index (χ2v) is 6.89. The quantitative estimate of drug-likeness (QED) is 0.245. The molecule has 1 aromatic heterocycles. The summed E-state index contributed by atoms with van der Waals surface area (Å²) < 4.78 is 19.2. The molecule has 6 nitrogen and oxygen atoms in total. The average molecular weight is 515 g/mol. The molecule has 160 valence electrons. The maximum atomic E-state index is 13.9. The minimum Gasteiger partial charge on any atom is -0.469 e. The molecule has 0 bridgehead atoms. The number of guanidine groups is 1. The van der Waals surface area contributed by atoms with E-state index in [1.54, 1.807) is 19.4 Å². The van der Waals surface area contributed by atoms with Crippen molar-refractivity contribution < 1.29 is 8.81 Å². The summed E-state index contributed by atoms with van der Waals surface area (Å²) in [5.74, 6) is 1.65. The van der Waals surface area contributed by atoms with Gasteiger partial charge in [-0.05, 0) is 37.2 Å². The van der Waals surface area contributed by atoms with E-state index in [1.807, 2.05) is 24.3 Å². The summed E-state index contributed by atoms with van der Waals surface area (Å²) in [6.45, 7) is 6.34. The van der Waals surface area contributed by atoms with Gasteiger partial charge < -0.3 is 20.0 Å². The summed E-state index contributed by atoms with van der Waals surface area (Å²) in [6, 6.07) is 10.9. The zero-order chi connectivity index (χ0) is 19.6. The minimum absolute atomic E-state index is 0. The summed E-state index contributed by atoms with van der Waals surface area (Å²) in [4.78, 5) is 8.82. The molecule has 1 saturated heterocycles. The Hall–Kier alpha value is -1.81. The Kier molecular flexibility index (Phi) is 10.3. The molecule has 1 aliphatic heterocycles. The smallest absolute Gasteiger partial charge is 0.190 e. The van der Waals surface area contributed by atoms with Crippen LogP contribution in [0.1, 0.15) is 12.2 Å². The van der Waals surface area contributed by atoms with Crippen LogP contribution in [0.25, 0.3) is 0 Å². The van der Waals surface area contributed by atoms with Crippen molar-refractivity contribution in [2.75, 3.05) is 57.8 Å². The van der Waals surface area contributed by atoms with Crippen LogP contribution >= 0.6 is 24.0 Å². The molecule has 1 aliphatic rings. The van der Waals surface area contributed by atoms with E-state index in [9.17, 15) is 4.39 Å². The van der Waals surface area contributed by atoms with Gasteiger partial charge in [0.1, 0.15) is 11.6 Å². The van der Waals surface area contributed by atoms with Crippen molar-refractivity contribution in [1.82, 2.24) is 15.5 Å². The third-order valence-electron chi connectivity index (χ3n) is 4.98. The SMILES string of the molecule is CN=C(NCCCN1CCN(c2ccccc2F)CC1)NCCc1ccco1.I. The molecule has 0 amide bonds. The first-order valence-corrected chi connectivity index (χ1v) is 9.95. The fourth-order valence-corrected chi connectivity index (χ4v) is 3.41. The summed E-state index contributed by atoms with van der Waals surface area (Å²) in [7, 11) is 1.78. The number of hydrogen-bond donors (Lipinski definition) is 2. The molecule has 29 heavy (non-hydrogen) atoms. The number of nitrogens with zero attached hydrogens (tertiary/aromatic N) is 3. The second-order valence-electron chi connectivity index (χ2n) is 6.89. The number of aliphatic imine (C=N–C) groups is 1. The summed E-state index contributed by atoms with van der Waals surface area (Å²) >= 11 is 0. The molecule has 2 heterocycles. The maximum Gasteiger partial charge on any atom is 0.190 e. The van der Waals surface area contributed by atoms with Crippen LogP contribution in [0.15, 0.2) is 52.1 Å². The number of nitrogens with one attached hydrogen (secondary N) is 2. The molecule has 0 aliphatic carbocycles. The van der Waals surface area contributed by atoms with Gasteiger partial charge in [0.25, 0.3) is 0 Å². The van der Waals surface area contributed by atoms with E-state index in [0.717, 1.165) is 70.4 Å². The van der Waals surface area contributed by atoms with Crippen molar-refractivity contribution in [2.45, 2.75) is 12.8 Å². The van der Waals surface area contributed by atoms with Gasteiger partial charge >= 0.3 is 0 Å². The van der Waals surface area contributed by atoms with Crippen molar-refractivity contribution in [2.24, 2.45) is 4.99 Å². The number of furan rings is 1. The third-order valence-corrected chi connectivity index (χ3v) is 4.98. The fourth-order valence-electron chi connectivity index (χ4n) is 3.41. The number of hydrogen-bond acceptors (Lipinski definition) is 4. The molecule has 0 saturated carbocycles. The first kappa shape index (κ1) is 23.5. The van der Waals surface area contributed by atoms with Gasteiger partial charge in [0.15, 0.2) is 5.96 Å². The highest BCUT2D eigenvalue weighted by atomic mass is 127. The highest BCUT2D eigenvalue weighted by Crippen LogP contribution is 2.20. The Balaban J connectivity index is 0.00000300. The number of anilines is 1. The zero-order valence-corrected chi connectivity index (χ0v) is 19.3. The Morgan fingerprint density at radius 1 is 1.07 bits per heavy atom. The normalized spacial score (nSPS) is 15.1. The summed E-state index contributed by atoms with van der Waals surface area (Å²) in [6.07, 6.45) is 3.57. The van der Waals surface area contributed by atoms with Crippen LogP contribution in [0.3, 0.4) is 0 Å². The molecule has 2 aromatic rings. The Morgan fingerprint density at radius 3 is 2.52 bits per heavy atom. The number of halogens is 2. The van der Waals surface area contributed by atoms with E-state index in [-0.39, 0.29) is 29.8 Å². The topological polar surface area (TPSA) is 56.0 Å². The standard InChI is InChI=1S/C21H30FN5O.HI/c1-23-21(25-11-9-18-6-4-17-28-18)24-10-5-12-26-13-15-27(16-14-26)20-8-3-2-7-19(20)22;/h2-4,6-8,17H,5,9-16H2,1H3,(H2,23,24,25);1H. The molecule has 8 heteroatoms. The van der Waals surface area contributed by atoms with Crippen molar-refractivity contribution in [3.63, 3.8) is 0 Å². The van der Waals surface area contributed by atoms with E-state index in [0.29, 0.717) is 5.69 Å². The Labute approximate surface area is 189 Å². The minimum atomic E-state index is -0.133. The monoisotopic (exact) mass is 515 g/mol. The van der Waals surface area contributed by atoms with Crippen LogP contribution in [0.4, 0.5) is 10.1 Å². The van der Waals surface area contributed by atoms with Gasteiger partial charge in [-0.2, -0.15) is 0 Å². The molecular weight excluding hydrogens is 484 g/mol. The second kappa shape index (κ2) is 12.7. The van der Waals surface area contributed by atoms with Gasteiger partial charge in [0.2, 0.25) is 0 Å². The van der Waals surface area contributed by atoms with Gasteiger partial charge in [0, 0.05) is 52.7 Å². The van der Waals surface area contributed by atoms with Crippen LogP contribution in [-0.2, 0) is 6.42 Å². The molecule has 0 spiro atoms. The molecule has 0 radical (unpaired) electrons. The average Bonchev–Trinajstić information content (AvgIpc) is 3.24. The fraction of sp³-hybridized carbons (Fsp3) is 0.476. The lowest BCUT2D eigenvalue weighted by Gasteiger charge is -2.36. The lowest BCUT2D eigenvalue weighted by molar-refractivity contribution is 0.254. The number of rotatable bonds is 8. The van der Waals surface area contributed by atoms with Gasteiger partial charge in [-0.25, -0.2) is 4.39 Å². The molecular formula is C21H31FIN5O. The van der Waals surface area contributed by atoms with Crippen molar-refractivity contribution in [1.29, 1.82) is 0 Å². The first-order valence-electron chi connectivity index (χ1n) is 9.95. The maximum absolute atomic E-state index is 13.9. The Morgan fingerprint density at radius 2 is 1.83 bits per heavy atom. The van der Waals surface area contributed by atoms with Crippen molar-refractivity contribution >= 4 is 35.6 Å². The molecule has 1 fully saturated rings. The molecule has 2 N–H and O–H groups in total. The summed E-state index contributed by atoms with van der Waals surface area (Å²) in [5.41, 5.74) is 0.716. The van der Waals surface area contributed by atoms with Crippen molar-refractivity contribution in [3.05, 3.63) is 54.2 Å². The molecule has 3 rings (SSSR count). The number of benzene rings is 1. The lowest BCUT2D eigenvalue weighted by atomic mass is 10.2. The predicted molar refractivity (Wildman–Crippen MR) is 127 cm³/mol. The van der Waals surface area contributed by atoms with Crippen LogP contribution in [0.5, 0.6) is 0 Å². The van der Waals surface area contributed by atoms with E-state index < -0.39 is 0 Å². The van der Waals surface area contributed by atoms with Crippen LogP contribution < -0.4 is 15.5 Å². The van der Waals surface area contributed by atoms with Crippen molar-refractivity contribution in [3.8, 4) is 0 Å². The highest BCUT2D eigenvalue weighted by molar-refractivity contribution is 14.0. The van der Waals surface area contributed by atoms with E-state index in [2.05, 4.69) is 25.4 Å². The van der Waals surface area contributed by atoms with Gasteiger partial charge in [-0.15, -0.1) is 24.0 Å². The van der Waals surface area contributed by atoms with Gasteiger partial charge in [-0.1, -0.05) is 12.1 Å². The van der Waals surface area contributed by atoms with Crippen LogP contribution in [-0.4, -0.2) is 63.7 Å². The summed E-state index contributed by atoms with van der Waals surface area (Å²) in [5, 5.41) is 6.65. The van der Waals surface area contributed by atoms with Crippen LogP contribution in [0, 0.1) is 5.82 Å². The van der Waals surface area contributed by atoms with Gasteiger partial charge in [-0.3, -0.25) is 9.89 Å². The molecule has 0 unspecified atom stereocenters. The number of para-hydroxylation sites is 1. The number of piperazine rings is 1. The Bertz CT molecular complexity index is 732. The predicted octanol–water partition coefficient (Wildman–Crippen LogP) is 2.96.